The van der Waals surface area contributed by atoms with E-state index in [4.69, 9.17) is 0 Å². The van der Waals surface area contributed by atoms with Gasteiger partial charge in [-0.25, -0.2) is 0 Å². The van der Waals surface area contributed by atoms with Crippen LogP contribution in [0.15, 0.2) is 60.0 Å². The van der Waals surface area contributed by atoms with Crippen LogP contribution < -0.4 is 15.5 Å². The van der Waals surface area contributed by atoms with E-state index in [2.05, 4.69) is 10.6 Å². The van der Waals surface area contributed by atoms with Crippen LogP contribution in [0, 0.1) is 0 Å². The van der Waals surface area contributed by atoms with Gasteiger partial charge in [0.05, 0.1) is 16.1 Å². The number of benzene rings is 2. The zero-order chi connectivity index (χ0) is 21.9. The van der Waals surface area contributed by atoms with E-state index < -0.39 is 17.6 Å². The normalized spacial score (nSPS) is 11.1. The Bertz CT molecular complexity index is 1060. The van der Waals surface area contributed by atoms with Crippen molar-refractivity contribution in [1.29, 1.82) is 0 Å². The molecular weight excluding hydrogens is 415 g/mol. The first-order valence-electron chi connectivity index (χ1n) is 8.80. The molecule has 1 aromatic heterocycles. The van der Waals surface area contributed by atoms with Crippen LogP contribution in [0.3, 0.4) is 0 Å². The first-order chi connectivity index (χ1) is 14.1. The monoisotopic (exact) mass is 433 g/mol. The predicted octanol–water partition coefficient (Wildman–Crippen LogP) is 5.34. The second-order valence-corrected chi connectivity index (χ2v) is 7.54. The molecule has 9 heteroatoms. The number of alkyl halides is 3. The number of halogens is 3. The molecule has 5 nitrogen and oxygen atoms in total. The fraction of sp³-hybridized carbons (Fsp3) is 0.143. The molecule has 2 amide bonds. The second-order valence-electron chi connectivity index (χ2n) is 6.59. The summed E-state index contributed by atoms with van der Waals surface area (Å²) in [4.78, 5) is 26.8. The Balaban J connectivity index is 1.82. The number of hydrogen-bond donors (Lipinski definition) is 2. The lowest BCUT2D eigenvalue weighted by atomic mass is 10.1. The molecule has 3 rings (SSSR count). The van der Waals surface area contributed by atoms with E-state index in [1.165, 1.54) is 35.6 Å². The summed E-state index contributed by atoms with van der Waals surface area (Å²) in [5.74, 6) is -1.05. The number of thiophene rings is 1. The van der Waals surface area contributed by atoms with Gasteiger partial charge in [-0.15, -0.1) is 11.3 Å². The van der Waals surface area contributed by atoms with Crippen LogP contribution in [0.25, 0.3) is 0 Å². The third-order valence-corrected chi connectivity index (χ3v) is 5.07. The van der Waals surface area contributed by atoms with Crippen molar-refractivity contribution in [2.45, 2.75) is 6.18 Å². The summed E-state index contributed by atoms with van der Waals surface area (Å²) in [7, 11) is 3.26. The summed E-state index contributed by atoms with van der Waals surface area (Å²) in [6.45, 7) is 0. The highest BCUT2D eigenvalue weighted by Crippen LogP contribution is 2.37. The van der Waals surface area contributed by atoms with E-state index in [1.54, 1.807) is 48.6 Å². The van der Waals surface area contributed by atoms with Gasteiger partial charge in [0.15, 0.2) is 0 Å². The van der Waals surface area contributed by atoms with Gasteiger partial charge < -0.3 is 15.5 Å². The number of amides is 2. The van der Waals surface area contributed by atoms with Crippen molar-refractivity contribution in [2.24, 2.45) is 0 Å². The Kier molecular flexibility index (Phi) is 6.12. The topological polar surface area (TPSA) is 61.4 Å². The average Bonchev–Trinajstić information content (AvgIpc) is 3.22. The highest BCUT2D eigenvalue weighted by molar-refractivity contribution is 7.12. The molecule has 0 aliphatic carbocycles. The van der Waals surface area contributed by atoms with Gasteiger partial charge in [-0.2, -0.15) is 13.2 Å². The summed E-state index contributed by atoms with van der Waals surface area (Å²) in [6, 6.07) is 13.1. The van der Waals surface area contributed by atoms with Gasteiger partial charge >= 0.3 is 6.18 Å². The van der Waals surface area contributed by atoms with Crippen LogP contribution in [0.4, 0.5) is 30.2 Å². The quantitative estimate of drug-likeness (QED) is 0.571. The maximum atomic E-state index is 13.5. The first-order valence-corrected chi connectivity index (χ1v) is 9.68. The highest BCUT2D eigenvalue weighted by atomic mass is 32.1. The van der Waals surface area contributed by atoms with Crippen LogP contribution in [0.5, 0.6) is 0 Å². The third-order valence-electron chi connectivity index (χ3n) is 4.20. The lowest BCUT2D eigenvalue weighted by Crippen LogP contribution is -2.18. The van der Waals surface area contributed by atoms with Gasteiger partial charge in [-0.05, 0) is 47.8 Å². The van der Waals surface area contributed by atoms with Crippen molar-refractivity contribution in [3.8, 4) is 0 Å². The smallest absolute Gasteiger partial charge is 0.378 e. The van der Waals surface area contributed by atoms with Crippen molar-refractivity contribution in [1.82, 2.24) is 0 Å². The first kappa shape index (κ1) is 21.4. The van der Waals surface area contributed by atoms with Gasteiger partial charge in [0.1, 0.15) is 0 Å². The number of nitrogens with one attached hydrogen (secondary N) is 2. The molecule has 0 bridgehead atoms. The Morgan fingerprint density at radius 3 is 2.33 bits per heavy atom. The van der Waals surface area contributed by atoms with Gasteiger partial charge in [0.25, 0.3) is 11.8 Å². The lowest BCUT2D eigenvalue weighted by molar-refractivity contribution is -0.136. The standard InChI is InChI=1S/C21H18F3N3O2S/c1-27(2)15-8-9-17(16(12-15)21(22,23)24)26-19(28)13-5-3-6-14(11-13)25-20(29)18-7-4-10-30-18/h3-12H,1-2H3,(H,25,29)(H,26,28). The Labute approximate surface area is 175 Å². The van der Waals surface area contributed by atoms with E-state index in [0.29, 0.717) is 16.3 Å². The Morgan fingerprint density at radius 1 is 0.933 bits per heavy atom. The zero-order valence-electron chi connectivity index (χ0n) is 16.1. The summed E-state index contributed by atoms with van der Waals surface area (Å²) in [5, 5.41) is 6.75. The molecule has 0 unspecified atom stereocenters. The summed E-state index contributed by atoms with van der Waals surface area (Å²) >= 11 is 1.27. The molecule has 0 fully saturated rings. The highest BCUT2D eigenvalue weighted by Gasteiger charge is 2.34. The molecule has 2 N–H and O–H groups in total. The maximum Gasteiger partial charge on any atom is 0.418 e. The van der Waals surface area contributed by atoms with Crippen molar-refractivity contribution in [3.05, 3.63) is 76.0 Å². The largest absolute Gasteiger partial charge is 0.418 e. The van der Waals surface area contributed by atoms with Crippen LogP contribution in [-0.2, 0) is 6.18 Å². The van der Waals surface area contributed by atoms with E-state index in [0.717, 1.165) is 6.07 Å². The molecule has 30 heavy (non-hydrogen) atoms. The lowest BCUT2D eigenvalue weighted by Gasteiger charge is -2.19. The van der Waals surface area contributed by atoms with Gasteiger partial charge in [0, 0.05) is 31.0 Å². The third kappa shape index (κ3) is 4.98. The minimum atomic E-state index is -4.63. The number of carbonyl (C=O) groups excluding carboxylic acids is 2. The molecule has 0 radical (unpaired) electrons. The van der Waals surface area contributed by atoms with E-state index in [9.17, 15) is 22.8 Å². The molecule has 1 heterocycles. The van der Waals surface area contributed by atoms with Gasteiger partial charge in [0.2, 0.25) is 0 Å². The molecule has 0 saturated carbocycles. The van der Waals surface area contributed by atoms with Crippen LogP contribution in [0.2, 0.25) is 0 Å². The molecular formula is C21H18F3N3O2S. The van der Waals surface area contributed by atoms with E-state index >= 15 is 0 Å². The van der Waals surface area contributed by atoms with E-state index in [1.807, 2.05) is 0 Å². The fourth-order valence-corrected chi connectivity index (χ4v) is 3.31. The fourth-order valence-electron chi connectivity index (χ4n) is 2.69. The van der Waals surface area contributed by atoms with Crippen molar-refractivity contribution in [2.75, 3.05) is 29.6 Å². The zero-order valence-corrected chi connectivity index (χ0v) is 16.9. The van der Waals surface area contributed by atoms with Crippen molar-refractivity contribution in [3.63, 3.8) is 0 Å². The van der Waals surface area contributed by atoms with Gasteiger partial charge in [-0.1, -0.05) is 12.1 Å². The Morgan fingerprint density at radius 2 is 1.70 bits per heavy atom. The molecule has 2 aromatic carbocycles. The van der Waals surface area contributed by atoms with Crippen molar-refractivity contribution < 1.29 is 22.8 Å². The number of hydrogen-bond acceptors (Lipinski definition) is 4. The predicted molar refractivity (Wildman–Crippen MR) is 112 cm³/mol. The van der Waals surface area contributed by atoms with Crippen LogP contribution >= 0.6 is 11.3 Å². The molecule has 0 spiro atoms. The van der Waals surface area contributed by atoms with Crippen LogP contribution in [0.1, 0.15) is 25.6 Å². The van der Waals surface area contributed by atoms with Gasteiger partial charge in [-0.3, -0.25) is 9.59 Å². The minimum absolute atomic E-state index is 0.115. The maximum absolute atomic E-state index is 13.5. The molecule has 0 saturated heterocycles. The minimum Gasteiger partial charge on any atom is -0.378 e. The molecule has 0 aliphatic rings. The summed E-state index contributed by atoms with van der Waals surface area (Å²) in [6.07, 6.45) is -4.63. The number of carbonyl (C=O) groups is 2. The molecule has 0 atom stereocenters. The molecule has 0 aliphatic heterocycles. The second kappa shape index (κ2) is 8.58. The summed E-state index contributed by atoms with van der Waals surface area (Å²) < 4.78 is 40.4. The summed E-state index contributed by atoms with van der Waals surface area (Å²) in [5.41, 5.74) is -0.447. The van der Waals surface area contributed by atoms with E-state index in [-0.39, 0.29) is 17.2 Å². The number of anilines is 3. The molecule has 156 valence electrons. The molecule has 3 aromatic rings. The Hall–Kier alpha value is -3.33. The SMILES string of the molecule is CN(C)c1ccc(NC(=O)c2cccc(NC(=O)c3cccs3)c2)c(C(F)(F)F)c1. The average molecular weight is 433 g/mol. The number of rotatable bonds is 5. The van der Waals surface area contributed by atoms with Crippen molar-refractivity contribution >= 4 is 40.2 Å². The van der Waals surface area contributed by atoms with Crippen LogP contribution in [-0.4, -0.2) is 25.9 Å². The number of nitrogens with zero attached hydrogens (tertiary/aromatic N) is 1.